The molecule has 5 nitrogen and oxygen atoms in total. The topological polar surface area (TPSA) is 47.4 Å². The fourth-order valence-corrected chi connectivity index (χ4v) is 2.31. The first-order valence-corrected chi connectivity index (χ1v) is 5.26. The predicted octanol–water partition coefficient (Wildman–Crippen LogP) is 0.115. The lowest BCUT2D eigenvalue weighted by Gasteiger charge is -2.40. The highest BCUT2D eigenvalue weighted by Crippen LogP contribution is 2.24. The van der Waals surface area contributed by atoms with Gasteiger partial charge in [0.05, 0.1) is 19.3 Å². The van der Waals surface area contributed by atoms with Crippen molar-refractivity contribution in [2.24, 2.45) is 0 Å². The molecule has 0 spiro atoms. The standard InChI is InChI=1S/C9H10ClN3O2/c10-7-3-8-12-1-2-15-6(4-12)5-13(8)9(14)11-7/h3,6H,1-2,4-5H2. The summed E-state index contributed by atoms with van der Waals surface area (Å²) < 4.78 is 7.15. The molecule has 2 bridgehead atoms. The van der Waals surface area contributed by atoms with E-state index < -0.39 is 0 Å². The van der Waals surface area contributed by atoms with Gasteiger partial charge in [0, 0.05) is 19.2 Å². The third-order valence-electron chi connectivity index (χ3n) is 2.81. The zero-order valence-corrected chi connectivity index (χ0v) is 8.78. The summed E-state index contributed by atoms with van der Waals surface area (Å²) >= 11 is 5.78. The number of hydrogen-bond donors (Lipinski definition) is 0. The number of halogens is 1. The van der Waals surface area contributed by atoms with Crippen LogP contribution in [0.1, 0.15) is 0 Å². The van der Waals surface area contributed by atoms with Crippen molar-refractivity contribution >= 4 is 17.4 Å². The Bertz CT molecular complexity index is 459. The third-order valence-corrected chi connectivity index (χ3v) is 3.00. The molecular formula is C9H10ClN3O2. The largest absolute Gasteiger partial charge is 0.373 e. The van der Waals surface area contributed by atoms with Crippen LogP contribution >= 0.6 is 11.6 Å². The van der Waals surface area contributed by atoms with Crippen molar-refractivity contribution in [1.29, 1.82) is 0 Å². The molecule has 0 radical (unpaired) electrons. The van der Waals surface area contributed by atoms with Crippen molar-refractivity contribution in [3.63, 3.8) is 0 Å². The molecule has 1 unspecified atom stereocenters. The molecule has 2 aliphatic heterocycles. The average Bonchev–Trinajstić information content (AvgIpc) is 2.21. The Hall–Kier alpha value is -1.07. The quantitative estimate of drug-likeness (QED) is 0.591. The van der Waals surface area contributed by atoms with Crippen molar-refractivity contribution in [2.75, 3.05) is 24.6 Å². The summed E-state index contributed by atoms with van der Waals surface area (Å²) in [5.74, 6) is 0.861. The number of nitrogens with zero attached hydrogens (tertiary/aromatic N) is 3. The van der Waals surface area contributed by atoms with E-state index in [0.29, 0.717) is 13.2 Å². The summed E-state index contributed by atoms with van der Waals surface area (Å²) in [6.45, 7) is 2.92. The molecular weight excluding hydrogens is 218 g/mol. The van der Waals surface area contributed by atoms with E-state index in [0.717, 1.165) is 18.9 Å². The summed E-state index contributed by atoms with van der Waals surface area (Å²) in [5, 5.41) is 0.260. The molecule has 0 N–H and O–H groups in total. The van der Waals surface area contributed by atoms with Gasteiger partial charge in [0.15, 0.2) is 0 Å². The van der Waals surface area contributed by atoms with Gasteiger partial charge in [-0.15, -0.1) is 0 Å². The van der Waals surface area contributed by atoms with Gasteiger partial charge in [-0.1, -0.05) is 11.6 Å². The van der Waals surface area contributed by atoms with Crippen LogP contribution in [0.5, 0.6) is 0 Å². The SMILES string of the molecule is O=c1nc(Cl)cc2n1CC1CN2CCO1. The predicted molar refractivity (Wildman–Crippen MR) is 55.5 cm³/mol. The minimum atomic E-state index is -0.294. The highest BCUT2D eigenvalue weighted by atomic mass is 35.5. The second-order valence-corrected chi connectivity index (χ2v) is 4.16. The Kier molecular flexibility index (Phi) is 1.97. The zero-order valence-electron chi connectivity index (χ0n) is 8.02. The first kappa shape index (κ1) is 9.18. The van der Waals surface area contributed by atoms with Crippen LogP contribution in [0.3, 0.4) is 0 Å². The maximum Gasteiger partial charge on any atom is 0.350 e. The molecule has 0 aliphatic carbocycles. The molecule has 15 heavy (non-hydrogen) atoms. The van der Waals surface area contributed by atoms with E-state index in [1.54, 1.807) is 10.6 Å². The second-order valence-electron chi connectivity index (χ2n) is 3.77. The molecule has 0 saturated carbocycles. The van der Waals surface area contributed by atoms with Gasteiger partial charge in [0.25, 0.3) is 0 Å². The number of hydrogen-bond acceptors (Lipinski definition) is 4. The Morgan fingerprint density at radius 1 is 1.53 bits per heavy atom. The van der Waals surface area contributed by atoms with Gasteiger partial charge in [-0.2, -0.15) is 4.98 Å². The van der Waals surface area contributed by atoms with Gasteiger partial charge in [-0.05, 0) is 0 Å². The molecule has 1 aromatic heterocycles. The number of rotatable bonds is 0. The monoisotopic (exact) mass is 227 g/mol. The summed E-state index contributed by atoms with van der Waals surface area (Å²) in [4.78, 5) is 17.4. The van der Waals surface area contributed by atoms with E-state index in [1.165, 1.54) is 0 Å². The molecule has 1 aromatic rings. The highest BCUT2D eigenvalue weighted by molar-refractivity contribution is 6.29. The van der Waals surface area contributed by atoms with Crippen LogP contribution in [0, 0.1) is 0 Å². The Morgan fingerprint density at radius 2 is 2.40 bits per heavy atom. The van der Waals surface area contributed by atoms with E-state index >= 15 is 0 Å². The summed E-state index contributed by atoms with van der Waals surface area (Å²) in [7, 11) is 0. The molecule has 1 atom stereocenters. The first-order valence-electron chi connectivity index (χ1n) is 4.88. The number of ether oxygens (including phenoxy) is 1. The molecule has 0 aromatic carbocycles. The maximum atomic E-state index is 11.6. The smallest absolute Gasteiger partial charge is 0.350 e. The highest BCUT2D eigenvalue weighted by Gasteiger charge is 2.29. The normalized spacial score (nSPS) is 23.8. The molecule has 6 heteroatoms. The Morgan fingerprint density at radius 3 is 3.27 bits per heavy atom. The van der Waals surface area contributed by atoms with Gasteiger partial charge in [-0.3, -0.25) is 4.57 Å². The molecule has 80 valence electrons. The number of aromatic nitrogens is 2. The molecule has 2 aliphatic rings. The van der Waals surface area contributed by atoms with Crippen LogP contribution in [0.15, 0.2) is 10.9 Å². The van der Waals surface area contributed by atoms with Crippen molar-refractivity contribution < 1.29 is 4.74 Å². The second kappa shape index (κ2) is 3.21. The van der Waals surface area contributed by atoms with Crippen LogP contribution < -0.4 is 10.6 Å². The lowest BCUT2D eigenvalue weighted by molar-refractivity contribution is 0.0197. The molecule has 1 saturated heterocycles. The summed E-state index contributed by atoms with van der Waals surface area (Å²) in [5.41, 5.74) is -0.294. The maximum absolute atomic E-state index is 11.6. The van der Waals surface area contributed by atoms with Crippen LogP contribution in [-0.4, -0.2) is 35.4 Å². The van der Waals surface area contributed by atoms with E-state index in [4.69, 9.17) is 16.3 Å². The van der Waals surface area contributed by atoms with Crippen LogP contribution in [0.4, 0.5) is 5.82 Å². The first-order chi connectivity index (χ1) is 7.24. The number of fused-ring (bicyclic) bond motifs is 4. The van der Waals surface area contributed by atoms with Gasteiger partial charge in [-0.25, -0.2) is 4.79 Å². The van der Waals surface area contributed by atoms with E-state index in [1.807, 2.05) is 0 Å². The van der Waals surface area contributed by atoms with Gasteiger partial charge >= 0.3 is 5.69 Å². The van der Waals surface area contributed by atoms with Crippen LogP contribution in [0.2, 0.25) is 5.15 Å². The fourth-order valence-electron chi connectivity index (χ4n) is 2.14. The average molecular weight is 228 g/mol. The van der Waals surface area contributed by atoms with Crippen molar-refractivity contribution in [3.05, 3.63) is 21.7 Å². The fraction of sp³-hybridized carbons (Fsp3) is 0.556. The van der Waals surface area contributed by atoms with Crippen molar-refractivity contribution in [1.82, 2.24) is 9.55 Å². The molecule has 0 amide bonds. The third kappa shape index (κ3) is 1.42. The molecule has 3 rings (SSSR count). The Balaban J connectivity index is 2.17. The lowest BCUT2D eigenvalue weighted by Crippen LogP contribution is -2.52. The number of anilines is 1. The molecule has 3 heterocycles. The van der Waals surface area contributed by atoms with E-state index in [9.17, 15) is 4.79 Å². The van der Waals surface area contributed by atoms with Gasteiger partial charge in [0.2, 0.25) is 0 Å². The van der Waals surface area contributed by atoms with Gasteiger partial charge in [0.1, 0.15) is 11.0 Å². The number of morpholine rings is 1. The lowest BCUT2D eigenvalue weighted by atomic mass is 10.2. The summed E-state index contributed by atoms with van der Waals surface area (Å²) in [6.07, 6.45) is 0.104. The van der Waals surface area contributed by atoms with Crippen LogP contribution in [-0.2, 0) is 11.3 Å². The van der Waals surface area contributed by atoms with Crippen molar-refractivity contribution in [2.45, 2.75) is 12.6 Å². The molecule has 1 fully saturated rings. The van der Waals surface area contributed by atoms with E-state index in [2.05, 4.69) is 9.88 Å². The van der Waals surface area contributed by atoms with Gasteiger partial charge < -0.3 is 9.64 Å². The summed E-state index contributed by atoms with van der Waals surface area (Å²) in [6, 6.07) is 1.74. The minimum Gasteiger partial charge on any atom is -0.373 e. The minimum absolute atomic E-state index is 0.104. The van der Waals surface area contributed by atoms with Crippen LogP contribution in [0.25, 0.3) is 0 Å². The van der Waals surface area contributed by atoms with Crippen molar-refractivity contribution in [3.8, 4) is 0 Å². The Labute approximate surface area is 91.2 Å². The zero-order chi connectivity index (χ0) is 10.4. The van der Waals surface area contributed by atoms with E-state index in [-0.39, 0.29) is 16.9 Å².